The van der Waals surface area contributed by atoms with Crippen LogP contribution in [0.4, 0.5) is 11.4 Å². The number of rotatable bonds is 5. The molecule has 124 valence electrons. The van der Waals surface area contributed by atoms with Crippen LogP contribution in [-0.2, 0) is 6.42 Å². The highest BCUT2D eigenvalue weighted by Gasteiger charge is 2.18. The number of nitrogens with zero attached hydrogens (tertiary/aromatic N) is 1. The smallest absolute Gasteiger partial charge is 0.267 e. The fourth-order valence-corrected chi connectivity index (χ4v) is 3.60. The second kappa shape index (κ2) is 7.01. The summed E-state index contributed by atoms with van der Waals surface area (Å²) in [5.74, 6) is -0.181. The molecule has 0 unspecified atom stereocenters. The Kier molecular flexibility index (Phi) is 4.81. The molecule has 0 fully saturated rings. The Labute approximate surface area is 145 Å². The molecule has 0 aliphatic heterocycles. The number of nitrogens with two attached hydrogens (primary N) is 1. The van der Waals surface area contributed by atoms with Crippen molar-refractivity contribution in [1.82, 2.24) is 4.98 Å². The first-order valence-electron chi connectivity index (χ1n) is 8.15. The number of aryl methyl sites for hydroxylation is 2. The van der Waals surface area contributed by atoms with Gasteiger partial charge in [-0.2, -0.15) is 0 Å². The van der Waals surface area contributed by atoms with E-state index in [9.17, 15) is 4.79 Å². The molecular weight excluding hydrogens is 318 g/mol. The number of nitrogens with one attached hydrogen (secondary N) is 1. The van der Waals surface area contributed by atoms with Crippen molar-refractivity contribution in [2.75, 3.05) is 11.1 Å². The minimum absolute atomic E-state index is 0.181. The Morgan fingerprint density at radius 3 is 2.79 bits per heavy atom. The third kappa shape index (κ3) is 3.26. The number of carbonyl (C=O) groups is 1. The number of hydrogen-bond donors (Lipinski definition) is 2. The summed E-state index contributed by atoms with van der Waals surface area (Å²) in [5, 5.41) is 3.80. The molecule has 1 aromatic carbocycles. The van der Waals surface area contributed by atoms with Gasteiger partial charge in [-0.15, -0.1) is 11.3 Å². The summed E-state index contributed by atoms with van der Waals surface area (Å²) in [7, 11) is 0. The van der Waals surface area contributed by atoms with E-state index < -0.39 is 0 Å². The van der Waals surface area contributed by atoms with Crippen LogP contribution in [0.1, 0.15) is 40.7 Å². The number of carbonyl (C=O) groups excluding carboxylic acids is 1. The third-order valence-electron chi connectivity index (χ3n) is 4.04. The Morgan fingerprint density at radius 2 is 2.04 bits per heavy atom. The Morgan fingerprint density at radius 1 is 1.25 bits per heavy atom. The van der Waals surface area contributed by atoms with Crippen LogP contribution < -0.4 is 11.1 Å². The van der Waals surface area contributed by atoms with Crippen LogP contribution in [0.2, 0.25) is 0 Å². The van der Waals surface area contributed by atoms with Crippen LogP contribution >= 0.6 is 11.3 Å². The predicted molar refractivity (Wildman–Crippen MR) is 102 cm³/mol. The first kappa shape index (κ1) is 16.5. The molecule has 0 spiro atoms. The molecule has 0 aliphatic rings. The highest BCUT2D eigenvalue weighted by molar-refractivity contribution is 7.21. The van der Waals surface area contributed by atoms with E-state index in [1.54, 1.807) is 0 Å². The fourth-order valence-electron chi connectivity index (χ4n) is 2.59. The van der Waals surface area contributed by atoms with Crippen LogP contribution in [0.15, 0.2) is 36.4 Å². The van der Waals surface area contributed by atoms with Gasteiger partial charge in [-0.3, -0.25) is 4.79 Å². The lowest BCUT2D eigenvalue weighted by molar-refractivity contribution is 0.103. The number of thiophene rings is 1. The Bertz CT molecular complexity index is 885. The van der Waals surface area contributed by atoms with E-state index in [4.69, 9.17) is 5.73 Å². The topological polar surface area (TPSA) is 68.0 Å². The summed E-state index contributed by atoms with van der Waals surface area (Å²) >= 11 is 1.36. The van der Waals surface area contributed by atoms with Crippen LogP contribution in [-0.4, -0.2) is 10.9 Å². The molecule has 3 rings (SSSR count). The summed E-state index contributed by atoms with van der Waals surface area (Å²) in [6.45, 7) is 4.13. The second-order valence-electron chi connectivity index (χ2n) is 5.87. The van der Waals surface area contributed by atoms with Crippen LogP contribution in [0.3, 0.4) is 0 Å². The number of pyridine rings is 1. The molecule has 1 amide bonds. The number of anilines is 2. The van der Waals surface area contributed by atoms with Crippen molar-refractivity contribution in [2.45, 2.75) is 33.1 Å². The molecule has 24 heavy (non-hydrogen) atoms. The number of para-hydroxylation sites is 1. The van der Waals surface area contributed by atoms with E-state index in [0.717, 1.165) is 46.4 Å². The highest BCUT2D eigenvalue weighted by Crippen LogP contribution is 2.33. The molecule has 5 heteroatoms. The zero-order chi connectivity index (χ0) is 17.1. The molecule has 3 N–H and O–H groups in total. The van der Waals surface area contributed by atoms with Crippen LogP contribution in [0.25, 0.3) is 10.2 Å². The molecule has 2 aromatic heterocycles. The molecule has 0 saturated carbocycles. The summed E-state index contributed by atoms with van der Waals surface area (Å²) in [6, 6.07) is 11.7. The number of hydrogen-bond acceptors (Lipinski definition) is 4. The second-order valence-corrected chi connectivity index (χ2v) is 6.87. The van der Waals surface area contributed by atoms with E-state index in [1.165, 1.54) is 11.3 Å². The third-order valence-corrected chi connectivity index (χ3v) is 5.15. The number of fused-ring (bicyclic) bond motifs is 1. The van der Waals surface area contributed by atoms with Gasteiger partial charge in [0.25, 0.3) is 5.91 Å². The van der Waals surface area contributed by atoms with E-state index in [2.05, 4.69) is 17.2 Å². The normalized spacial score (nSPS) is 10.9. The number of benzene rings is 1. The lowest BCUT2D eigenvalue weighted by atomic mass is 10.1. The van der Waals surface area contributed by atoms with E-state index >= 15 is 0 Å². The van der Waals surface area contributed by atoms with Crippen molar-refractivity contribution < 1.29 is 4.79 Å². The Balaban J connectivity index is 1.90. The van der Waals surface area contributed by atoms with Gasteiger partial charge in [0.05, 0.1) is 5.69 Å². The van der Waals surface area contributed by atoms with Gasteiger partial charge >= 0.3 is 0 Å². The fraction of sp³-hybridized carbons (Fsp3) is 0.263. The zero-order valence-electron chi connectivity index (χ0n) is 13.9. The van der Waals surface area contributed by atoms with Gasteiger partial charge in [0, 0.05) is 16.8 Å². The number of nitrogen functional groups attached to an aromatic ring is 1. The molecule has 0 saturated heterocycles. The lowest BCUT2D eigenvalue weighted by Gasteiger charge is -2.07. The lowest BCUT2D eigenvalue weighted by Crippen LogP contribution is -2.12. The molecule has 4 nitrogen and oxygen atoms in total. The minimum Gasteiger partial charge on any atom is -0.397 e. The molecule has 0 radical (unpaired) electrons. The van der Waals surface area contributed by atoms with Gasteiger partial charge in [-0.05, 0) is 43.5 Å². The monoisotopic (exact) mass is 339 g/mol. The van der Waals surface area contributed by atoms with Crippen molar-refractivity contribution in [2.24, 2.45) is 0 Å². The van der Waals surface area contributed by atoms with Gasteiger partial charge in [-0.25, -0.2) is 4.98 Å². The average Bonchev–Trinajstić information content (AvgIpc) is 2.91. The first-order valence-corrected chi connectivity index (χ1v) is 8.96. The molecule has 0 aliphatic carbocycles. The highest BCUT2D eigenvalue weighted by atomic mass is 32.1. The van der Waals surface area contributed by atoms with Gasteiger partial charge in [-0.1, -0.05) is 31.5 Å². The van der Waals surface area contributed by atoms with Crippen molar-refractivity contribution >= 4 is 38.8 Å². The average molecular weight is 339 g/mol. The van der Waals surface area contributed by atoms with Gasteiger partial charge in [0.1, 0.15) is 9.71 Å². The first-order chi connectivity index (χ1) is 11.6. The van der Waals surface area contributed by atoms with Gasteiger partial charge in [0.2, 0.25) is 0 Å². The predicted octanol–water partition coefficient (Wildman–Crippen LogP) is 4.78. The van der Waals surface area contributed by atoms with Gasteiger partial charge < -0.3 is 11.1 Å². The maximum atomic E-state index is 12.6. The van der Waals surface area contributed by atoms with E-state index in [-0.39, 0.29) is 5.91 Å². The molecule has 0 bridgehead atoms. The minimum atomic E-state index is -0.181. The van der Waals surface area contributed by atoms with Crippen LogP contribution in [0, 0.1) is 6.92 Å². The van der Waals surface area contributed by atoms with Crippen LogP contribution in [0.5, 0.6) is 0 Å². The quantitative estimate of drug-likeness (QED) is 0.703. The largest absolute Gasteiger partial charge is 0.397 e. The maximum Gasteiger partial charge on any atom is 0.267 e. The summed E-state index contributed by atoms with van der Waals surface area (Å²) < 4.78 is 0. The zero-order valence-corrected chi connectivity index (χ0v) is 14.7. The number of unbranched alkanes of at least 4 members (excludes halogenated alkanes) is 1. The summed E-state index contributed by atoms with van der Waals surface area (Å²) in [5.41, 5.74) is 9.57. The molecule has 2 heterocycles. The molecule has 0 atom stereocenters. The summed E-state index contributed by atoms with van der Waals surface area (Å²) in [6.07, 6.45) is 3.20. The van der Waals surface area contributed by atoms with Gasteiger partial charge in [0.15, 0.2) is 0 Å². The number of aromatic nitrogens is 1. The van der Waals surface area contributed by atoms with Crippen molar-refractivity contribution in [3.05, 3.63) is 52.5 Å². The maximum absolute atomic E-state index is 12.6. The van der Waals surface area contributed by atoms with Crippen molar-refractivity contribution in [1.29, 1.82) is 0 Å². The molecular formula is C19H21N3OS. The molecule has 3 aromatic rings. The van der Waals surface area contributed by atoms with Crippen molar-refractivity contribution in [3.63, 3.8) is 0 Å². The van der Waals surface area contributed by atoms with E-state index in [0.29, 0.717) is 10.6 Å². The van der Waals surface area contributed by atoms with Crippen molar-refractivity contribution in [3.8, 4) is 0 Å². The standard InChI is InChI=1S/C19H21N3OS/c1-3-4-8-13-10-11-14-16(20)17(24-19(14)21-13)18(23)22-15-9-6-5-7-12(15)2/h5-7,9-11H,3-4,8,20H2,1-2H3,(H,22,23). The number of amides is 1. The SMILES string of the molecule is CCCCc1ccc2c(N)c(C(=O)Nc3ccccc3C)sc2n1. The Hall–Kier alpha value is -2.40. The van der Waals surface area contributed by atoms with E-state index in [1.807, 2.05) is 43.3 Å². The summed E-state index contributed by atoms with van der Waals surface area (Å²) in [4.78, 5) is 18.6.